The smallest absolute Gasteiger partial charge is 0.156 e. The third-order valence-electron chi connectivity index (χ3n) is 1.23. The Bertz CT molecular complexity index is 243. The molecule has 1 heterocycles. The van der Waals surface area contributed by atoms with Crippen LogP contribution in [0.2, 0.25) is 0 Å². The van der Waals surface area contributed by atoms with Crippen molar-refractivity contribution >= 4 is 28.3 Å². The molecule has 1 aromatic rings. The van der Waals surface area contributed by atoms with Gasteiger partial charge in [0.15, 0.2) is 5.17 Å². The first-order chi connectivity index (χ1) is 5.86. The molecule has 0 spiro atoms. The van der Waals surface area contributed by atoms with Gasteiger partial charge in [-0.25, -0.2) is 4.98 Å². The van der Waals surface area contributed by atoms with Crippen LogP contribution in [0.25, 0.3) is 0 Å². The van der Waals surface area contributed by atoms with E-state index in [2.05, 4.69) is 15.3 Å². The highest BCUT2D eigenvalue weighted by Gasteiger charge is 1.98. The van der Waals surface area contributed by atoms with E-state index in [-0.39, 0.29) is 0 Å². The Kier molecular flexibility index (Phi) is 4.10. The Labute approximate surface area is 80.3 Å². The van der Waals surface area contributed by atoms with E-state index in [1.54, 1.807) is 30.1 Å². The number of nitrogens with zero attached hydrogens (tertiary/aromatic N) is 2. The fourth-order valence-electron chi connectivity index (χ4n) is 0.703. The van der Waals surface area contributed by atoms with Crippen LogP contribution in [-0.4, -0.2) is 24.2 Å². The van der Waals surface area contributed by atoms with Gasteiger partial charge in [-0.15, -0.1) is 11.3 Å². The molecule has 3 nitrogen and oxygen atoms in total. The first kappa shape index (κ1) is 9.54. The van der Waals surface area contributed by atoms with E-state index in [4.69, 9.17) is 0 Å². The zero-order chi connectivity index (χ0) is 8.81. The average molecular weight is 201 g/mol. The predicted octanol–water partition coefficient (Wildman–Crippen LogP) is 1.58. The quantitative estimate of drug-likeness (QED) is 0.583. The molecule has 0 saturated carbocycles. The summed E-state index contributed by atoms with van der Waals surface area (Å²) in [4.78, 5) is 8.22. The van der Waals surface area contributed by atoms with Crippen LogP contribution >= 0.6 is 23.1 Å². The number of rotatable bonds is 2. The Morgan fingerprint density at radius 2 is 2.67 bits per heavy atom. The van der Waals surface area contributed by atoms with Crippen LogP contribution in [0.15, 0.2) is 16.6 Å². The van der Waals surface area contributed by atoms with Crippen molar-refractivity contribution in [1.82, 2.24) is 10.3 Å². The lowest BCUT2D eigenvalue weighted by Gasteiger charge is -2.00. The minimum absolute atomic E-state index is 0.894. The number of hydrogen-bond donors (Lipinski definition) is 1. The van der Waals surface area contributed by atoms with Crippen molar-refractivity contribution in [2.45, 2.75) is 5.75 Å². The molecule has 0 fully saturated rings. The van der Waals surface area contributed by atoms with Gasteiger partial charge < -0.3 is 5.32 Å². The Balaban J connectivity index is 2.35. The maximum absolute atomic E-state index is 4.17. The molecule has 1 rings (SSSR count). The lowest BCUT2D eigenvalue weighted by atomic mass is 10.8. The molecule has 5 heteroatoms. The number of aliphatic imine (C=N–C) groups is 1. The van der Waals surface area contributed by atoms with Gasteiger partial charge in [0.1, 0.15) is 5.01 Å². The number of nitrogens with one attached hydrogen (secondary N) is 1. The average Bonchev–Trinajstić information content (AvgIpc) is 2.59. The normalized spacial score (nSPS) is 11.7. The molecular formula is C7H11N3S2. The van der Waals surface area contributed by atoms with E-state index in [0.717, 1.165) is 15.9 Å². The van der Waals surface area contributed by atoms with Crippen molar-refractivity contribution < 1.29 is 0 Å². The maximum atomic E-state index is 4.17. The van der Waals surface area contributed by atoms with Crippen molar-refractivity contribution in [3.63, 3.8) is 0 Å². The summed E-state index contributed by atoms with van der Waals surface area (Å²) in [7, 11) is 3.65. The number of aromatic nitrogens is 1. The molecule has 0 saturated heterocycles. The van der Waals surface area contributed by atoms with Crippen LogP contribution < -0.4 is 5.32 Å². The molecule has 0 aliphatic heterocycles. The van der Waals surface area contributed by atoms with Crippen molar-refractivity contribution in [1.29, 1.82) is 0 Å². The van der Waals surface area contributed by atoms with Gasteiger partial charge >= 0.3 is 0 Å². The summed E-state index contributed by atoms with van der Waals surface area (Å²) < 4.78 is 0. The van der Waals surface area contributed by atoms with E-state index in [0.29, 0.717) is 0 Å². The zero-order valence-electron chi connectivity index (χ0n) is 7.07. The van der Waals surface area contributed by atoms with Crippen molar-refractivity contribution in [2.75, 3.05) is 14.1 Å². The van der Waals surface area contributed by atoms with E-state index in [1.807, 2.05) is 18.6 Å². The van der Waals surface area contributed by atoms with Crippen LogP contribution in [0, 0.1) is 0 Å². The molecule has 66 valence electrons. The first-order valence-corrected chi connectivity index (χ1v) is 5.39. The number of hydrogen-bond acceptors (Lipinski definition) is 4. The largest absolute Gasteiger partial charge is 0.368 e. The molecule has 0 aliphatic carbocycles. The van der Waals surface area contributed by atoms with Crippen LogP contribution in [0.1, 0.15) is 5.01 Å². The van der Waals surface area contributed by atoms with Gasteiger partial charge in [-0.05, 0) is 0 Å². The Morgan fingerprint density at radius 3 is 3.17 bits per heavy atom. The Hall–Kier alpha value is -0.550. The molecule has 0 atom stereocenters. The fourth-order valence-corrected chi connectivity index (χ4v) is 2.16. The van der Waals surface area contributed by atoms with E-state index in [1.165, 1.54) is 0 Å². The Morgan fingerprint density at radius 1 is 1.83 bits per heavy atom. The third-order valence-corrected chi connectivity index (χ3v) is 3.27. The van der Waals surface area contributed by atoms with Gasteiger partial charge in [-0.3, -0.25) is 4.99 Å². The highest BCUT2D eigenvalue weighted by atomic mass is 32.2. The van der Waals surface area contributed by atoms with Gasteiger partial charge in [0, 0.05) is 25.7 Å². The van der Waals surface area contributed by atoms with Crippen LogP contribution in [0.4, 0.5) is 0 Å². The summed E-state index contributed by atoms with van der Waals surface area (Å²) in [6, 6.07) is 0. The minimum Gasteiger partial charge on any atom is -0.368 e. The molecule has 0 aromatic carbocycles. The van der Waals surface area contributed by atoms with Crippen LogP contribution in [0.5, 0.6) is 0 Å². The van der Waals surface area contributed by atoms with E-state index >= 15 is 0 Å². The summed E-state index contributed by atoms with van der Waals surface area (Å²) in [5, 5.41) is 7.07. The second kappa shape index (κ2) is 5.16. The number of thioether (sulfide) groups is 1. The summed E-state index contributed by atoms with van der Waals surface area (Å²) in [5.41, 5.74) is 0. The summed E-state index contributed by atoms with van der Waals surface area (Å²) >= 11 is 3.34. The summed E-state index contributed by atoms with van der Waals surface area (Å²) in [5.74, 6) is 0.894. The van der Waals surface area contributed by atoms with E-state index < -0.39 is 0 Å². The van der Waals surface area contributed by atoms with Gasteiger partial charge in [0.25, 0.3) is 0 Å². The molecule has 1 aromatic heterocycles. The third kappa shape index (κ3) is 2.83. The van der Waals surface area contributed by atoms with Crippen LogP contribution in [0.3, 0.4) is 0 Å². The highest BCUT2D eigenvalue weighted by Crippen LogP contribution is 2.14. The standard InChI is InChI=1S/C7H11N3S2/c1-8-7(9-2)12-5-6-10-3-4-11-6/h3-4H,5H2,1-2H3,(H,8,9). The second-order valence-electron chi connectivity index (χ2n) is 1.99. The van der Waals surface area contributed by atoms with Gasteiger partial charge in [-0.2, -0.15) is 0 Å². The second-order valence-corrected chi connectivity index (χ2v) is 3.94. The van der Waals surface area contributed by atoms with Gasteiger partial charge in [-0.1, -0.05) is 11.8 Å². The highest BCUT2D eigenvalue weighted by molar-refractivity contribution is 8.13. The molecule has 1 N–H and O–H groups in total. The molecule has 0 bridgehead atoms. The van der Waals surface area contributed by atoms with Gasteiger partial charge in [0.2, 0.25) is 0 Å². The van der Waals surface area contributed by atoms with Crippen molar-refractivity contribution in [2.24, 2.45) is 4.99 Å². The lowest BCUT2D eigenvalue weighted by Crippen LogP contribution is -2.13. The number of thiazole rings is 1. The number of amidine groups is 1. The molecule has 0 amide bonds. The molecule has 12 heavy (non-hydrogen) atoms. The van der Waals surface area contributed by atoms with Crippen LogP contribution in [-0.2, 0) is 5.75 Å². The lowest BCUT2D eigenvalue weighted by molar-refractivity contribution is 1.18. The predicted molar refractivity (Wildman–Crippen MR) is 55.8 cm³/mol. The van der Waals surface area contributed by atoms with E-state index in [9.17, 15) is 0 Å². The first-order valence-electron chi connectivity index (χ1n) is 3.52. The fraction of sp³-hybridized carbons (Fsp3) is 0.429. The van der Waals surface area contributed by atoms with Gasteiger partial charge in [0.05, 0.1) is 5.75 Å². The minimum atomic E-state index is 0.894. The maximum Gasteiger partial charge on any atom is 0.156 e. The molecule has 0 aliphatic rings. The van der Waals surface area contributed by atoms with Crippen molar-refractivity contribution in [3.8, 4) is 0 Å². The van der Waals surface area contributed by atoms with Crippen molar-refractivity contribution in [3.05, 3.63) is 16.6 Å². The monoisotopic (exact) mass is 201 g/mol. The summed E-state index contributed by atoms with van der Waals surface area (Å²) in [6.45, 7) is 0. The molecule has 0 radical (unpaired) electrons. The molecule has 0 unspecified atom stereocenters. The topological polar surface area (TPSA) is 37.3 Å². The molecular weight excluding hydrogens is 190 g/mol. The summed E-state index contributed by atoms with van der Waals surface area (Å²) in [6.07, 6.45) is 1.82. The zero-order valence-corrected chi connectivity index (χ0v) is 8.71. The SMILES string of the molecule is CN=C(NC)SCc1nccs1.